The molecule has 0 aliphatic carbocycles. The number of fused-ring (bicyclic) bond motifs is 10. The molecule has 0 aromatic carbocycles. The third-order valence-electron chi connectivity index (χ3n) is 7.81. The predicted octanol–water partition coefficient (Wildman–Crippen LogP) is 0.741. The summed E-state index contributed by atoms with van der Waals surface area (Å²) in [4.78, 5) is 57.7. The second-order valence-corrected chi connectivity index (χ2v) is 10.7. The zero-order valence-corrected chi connectivity index (χ0v) is 22.9. The Kier molecular flexibility index (Phi) is 9.17. The van der Waals surface area contributed by atoms with E-state index >= 15 is 0 Å². The maximum Gasteiger partial charge on any atom is 0.270 e. The fraction of sp³-hybridized carbons (Fsp3) is 0.571. The van der Waals surface area contributed by atoms with Gasteiger partial charge in [-0.1, -0.05) is 6.07 Å². The SMILES string of the molecule is CC(=O)N1CCOCCOc2cccc(n2)C(=O)N[C@@H]2C[C@@H](C(=O)N3CCC(CC3)C1)N(Cc1cncnc1)C2. The van der Waals surface area contributed by atoms with Gasteiger partial charge in [0.2, 0.25) is 17.7 Å². The van der Waals surface area contributed by atoms with Gasteiger partial charge in [-0.05, 0) is 31.2 Å². The van der Waals surface area contributed by atoms with Gasteiger partial charge in [-0.25, -0.2) is 15.0 Å². The highest BCUT2D eigenvalue weighted by Crippen LogP contribution is 2.26. The van der Waals surface area contributed by atoms with Gasteiger partial charge in [0.05, 0.1) is 19.3 Å². The fourth-order valence-electron chi connectivity index (χ4n) is 5.68. The monoisotopic (exact) mass is 551 g/mol. The molecule has 0 saturated carbocycles. The number of aromatic nitrogens is 3. The Morgan fingerprint density at radius 3 is 2.62 bits per heavy atom. The largest absolute Gasteiger partial charge is 0.475 e. The van der Waals surface area contributed by atoms with Crippen LogP contribution in [0.5, 0.6) is 5.88 Å². The highest BCUT2D eigenvalue weighted by Gasteiger charge is 2.40. The minimum absolute atomic E-state index is 0.0208. The van der Waals surface area contributed by atoms with Crippen molar-refractivity contribution in [3.8, 4) is 5.88 Å². The number of hydrogen-bond acceptors (Lipinski definition) is 9. The Balaban J connectivity index is 1.35. The van der Waals surface area contributed by atoms with Gasteiger partial charge in [-0.2, -0.15) is 0 Å². The van der Waals surface area contributed by atoms with E-state index in [1.165, 1.54) is 6.33 Å². The number of pyridine rings is 1. The third-order valence-corrected chi connectivity index (χ3v) is 7.81. The maximum absolute atomic E-state index is 13.8. The maximum atomic E-state index is 13.8. The van der Waals surface area contributed by atoms with Crippen molar-refractivity contribution in [1.82, 2.24) is 35.0 Å². The number of likely N-dealkylation sites (tertiary alicyclic amines) is 1. The molecule has 2 atom stereocenters. The minimum Gasteiger partial charge on any atom is -0.475 e. The smallest absolute Gasteiger partial charge is 0.270 e. The number of hydrogen-bond donors (Lipinski definition) is 1. The number of rotatable bonds is 2. The predicted molar refractivity (Wildman–Crippen MR) is 144 cm³/mol. The number of carbonyl (C=O) groups excluding carboxylic acids is 3. The van der Waals surface area contributed by atoms with Gasteiger partial charge < -0.3 is 24.6 Å². The Hall–Kier alpha value is -3.64. The summed E-state index contributed by atoms with van der Waals surface area (Å²) in [5.41, 5.74) is 1.16. The molecule has 6 heterocycles. The van der Waals surface area contributed by atoms with Crippen LogP contribution in [-0.4, -0.2) is 112 Å². The summed E-state index contributed by atoms with van der Waals surface area (Å²) in [6.45, 7) is 6.10. The first-order valence-corrected chi connectivity index (χ1v) is 14.0. The van der Waals surface area contributed by atoms with Crippen molar-refractivity contribution in [3.05, 3.63) is 48.2 Å². The third kappa shape index (κ3) is 7.11. The van der Waals surface area contributed by atoms with Crippen LogP contribution in [0.2, 0.25) is 0 Å². The number of carbonyl (C=O) groups is 3. The van der Waals surface area contributed by atoms with Crippen molar-refractivity contribution in [3.63, 3.8) is 0 Å². The first-order chi connectivity index (χ1) is 19.5. The van der Waals surface area contributed by atoms with Crippen molar-refractivity contribution in [2.45, 2.75) is 44.8 Å². The van der Waals surface area contributed by atoms with Crippen LogP contribution in [0.4, 0.5) is 0 Å². The summed E-state index contributed by atoms with van der Waals surface area (Å²) in [5, 5.41) is 3.08. The molecule has 1 N–H and O–H groups in total. The molecule has 4 aliphatic heterocycles. The lowest BCUT2D eigenvalue weighted by atomic mass is 9.95. The molecule has 0 radical (unpaired) electrons. The van der Waals surface area contributed by atoms with Gasteiger partial charge in [-0.15, -0.1) is 0 Å². The molecular weight excluding hydrogens is 514 g/mol. The van der Waals surface area contributed by atoms with Crippen LogP contribution in [0.3, 0.4) is 0 Å². The zero-order chi connectivity index (χ0) is 27.9. The van der Waals surface area contributed by atoms with Crippen molar-refractivity contribution < 1.29 is 23.9 Å². The molecule has 3 amide bonds. The highest BCUT2D eigenvalue weighted by atomic mass is 16.5. The molecule has 2 fully saturated rings. The van der Waals surface area contributed by atoms with Crippen LogP contribution in [-0.2, 0) is 20.9 Å². The Bertz CT molecular complexity index is 1170. The van der Waals surface area contributed by atoms with E-state index in [0.29, 0.717) is 70.7 Å². The summed E-state index contributed by atoms with van der Waals surface area (Å²) in [6.07, 6.45) is 7.17. The van der Waals surface area contributed by atoms with Crippen molar-refractivity contribution in [2.24, 2.45) is 5.92 Å². The first kappa shape index (κ1) is 27.9. The summed E-state index contributed by atoms with van der Waals surface area (Å²) in [6, 6.07) is 4.48. The standard InChI is InChI=1S/C28H37N7O5/c1-20(36)34-9-10-39-11-12-40-26-4-2-3-24(32-26)27(37)31-23-13-25(28(38)33-7-5-21(16-34)6-8-33)35(18-23)17-22-14-29-19-30-15-22/h2-4,14-15,19,21,23,25H,5-13,16-18H2,1H3,(H,31,37)/t23-,25+/m1/s1. The summed E-state index contributed by atoms with van der Waals surface area (Å²) in [5.74, 6) is 0.451. The van der Waals surface area contributed by atoms with E-state index in [0.717, 1.165) is 18.4 Å². The molecule has 6 rings (SSSR count). The first-order valence-electron chi connectivity index (χ1n) is 14.0. The van der Waals surface area contributed by atoms with Crippen molar-refractivity contribution in [2.75, 3.05) is 52.5 Å². The van der Waals surface area contributed by atoms with Gasteiger partial charge in [0.25, 0.3) is 5.91 Å². The van der Waals surface area contributed by atoms with Crippen LogP contribution < -0.4 is 10.1 Å². The number of ether oxygens (including phenoxy) is 2. The number of nitrogens with zero attached hydrogens (tertiary/aromatic N) is 6. The van der Waals surface area contributed by atoms with Crippen molar-refractivity contribution >= 4 is 17.7 Å². The molecule has 2 aromatic rings. The van der Waals surface area contributed by atoms with E-state index in [1.807, 2.05) is 9.80 Å². The highest BCUT2D eigenvalue weighted by molar-refractivity contribution is 5.92. The normalized spacial score (nSPS) is 25.2. The molecule has 6 bridgehead atoms. The van der Waals surface area contributed by atoms with Gasteiger partial charge >= 0.3 is 0 Å². The Morgan fingerprint density at radius 1 is 1.05 bits per heavy atom. The molecule has 12 nitrogen and oxygen atoms in total. The summed E-state index contributed by atoms with van der Waals surface area (Å²) >= 11 is 0. The summed E-state index contributed by atoms with van der Waals surface area (Å²) < 4.78 is 11.4. The molecule has 12 heteroatoms. The van der Waals surface area contributed by atoms with Gasteiger partial charge in [-0.3, -0.25) is 19.3 Å². The quantitative estimate of drug-likeness (QED) is 0.537. The Labute approximate surface area is 234 Å². The van der Waals surface area contributed by atoms with Gasteiger partial charge in [0, 0.05) is 76.3 Å². The van der Waals surface area contributed by atoms with Crippen LogP contribution in [0.15, 0.2) is 36.9 Å². The van der Waals surface area contributed by atoms with E-state index < -0.39 is 0 Å². The second-order valence-electron chi connectivity index (χ2n) is 10.7. The molecule has 4 aliphatic rings. The minimum atomic E-state index is -0.371. The van der Waals surface area contributed by atoms with Crippen LogP contribution >= 0.6 is 0 Å². The van der Waals surface area contributed by atoms with Gasteiger partial charge in [0.15, 0.2) is 0 Å². The van der Waals surface area contributed by atoms with Gasteiger partial charge in [0.1, 0.15) is 18.6 Å². The molecule has 40 heavy (non-hydrogen) atoms. The average Bonchev–Trinajstić information content (AvgIpc) is 3.36. The van der Waals surface area contributed by atoms with E-state index in [9.17, 15) is 14.4 Å². The molecule has 2 saturated heterocycles. The molecule has 0 unspecified atom stereocenters. The summed E-state index contributed by atoms with van der Waals surface area (Å²) in [7, 11) is 0. The second kappa shape index (κ2) is 13.1. The molecule has 2 aromatic heterocycles. The van der Waals surface area contributed by atoms with Crippen molar-refractivity contribution in [1.29, 1.82) is 0 Å². The lowest BCUT2D eigenvalue weighted by Gasteiger charge is -2.37. The lowest BCUT2D eigenvalue weighted by molar-refractivity contribution is -0.138. The van der Waals surface area contributed by atoms with Crippen LogP contribution in [0.1, 0.15) is 42.2 Å². The molecule has 0 spiro atoms. The van der Waals surface area contributed by atoms with E-state index in [2.05, 4.69) is 25.2 Å². The number of piperidine rings is 1. The topological polar surface area (TPSA) is 130 Å². The van der Waals surface area contributed by atoms with E-state index in [4.69, 9.17) is 9.47 Å². The van der Waals surface area contributed by atoms with E-state index in [-0.39, 0.29) is 42.1 Å². The van der Waals surface area contributed by atoms with Crippen LogP contribution in [0, 0.1) is 5.92 Å². The van der Waals surface area contributed by atoms with Crippen LogP contribution in [0.25, 0.3) is 0 Å². The average molecular weight is 552 g/mol. The number of amides is 3. The molecular formula is C28H37N7O5. The Morgan fingerprint density at radius 2 is 1.85 bits per heavy atom. The molecule has 214 valence electrons. The zero-order valence-electron chi connectivity index (χ0n) is 22.9. The fourth-order valence-corrected chi connectivity index (χ4v) is 5.68. The lowest BCUT2D eigenvalue weighted by Crippen LogP contribution is -2.49. The van der Waals surface area contributed by atoms with E-state index in [1.54, 1.807) is 37.5 Å². The number of nitrogens with one attached hydrogen (secondary N) is 1.